The summed E-state index contributed by atoms with van der Waals surface area (Å²) in [4.78, 5) is 14.4. The van der Waals surface area contributed by atoms with Crippen LogP contribution in [0.2, 0.25) is 0 Å². The number of nitrogens with zero attached hydrogens (tertiary/aromatic N) is 1. The van der Waals surface area contributed by atoms with Gasteiger partial charge in [0.15, 0.2) is 6.61 Å². The molecule has 0 aromatic heterocycles. The van der Waals surface area contributed by atoms with Crippen LogP contribution in [0.1, 0.15) is 25.3 Å². The SMILES string of the molecule is CCN1CCC[C@@H]1CNC(=O)COc1ccc(OCc2ccccc2)cc1. The van der Waals surface area contributed by atoms with Gasteiger partial charge in [-0.05, 0) is 55.8 Å². The number of ether oxygens (including phenoxy) is 2. The third-order valence-electron chi connectivity index (χ3n) is 4.88. The lowest BCUT2D eigenvalue weighted by molar-refractivity contribution is -0.123. The van der Waals surface area contributed by atoms with E-state index in [1.807, 2.05) is 54.6 Å². The number of rotatable bonds is 9. The molecule has 0 unspecified atom stereocenters. The van der Waals surface area contributed by atoms with Gasteiger partial charge < -0.3 is 14.8 Å². The van der Waals surface area contributed by atoms with E-state index in [0.29, 0.717) is 24.9 Å². The molecule has 0 bridgehead atoms. The molecule has 3 rings (SSSR count). The summed E-state index contributed by atoms with van der Waals surface area (Å²) in [5.41, 5.74) is 1.12. The zero-order valence-electron chi connectivity index (χ0n) is 15.9. The van der Waals surface area contributed by atoms with Crippen LogP contribution in [-0.2, 0) is 11.4 Å². The lowest BCUT2D eigenvalue weighted by Gasteiger charge is -2.22. The van der Waals surface area contributed by atoms with E-state index >= 15 is 0 Å². The number of carbonyl (C=O) groups is 1. The normalized spacial score (nSPS) is 16.9. The molecular weight excluding hydrogens is 340 g/mol. The Kier molecular flexibility index (Phi) is 7.11. The third kappa shape index (κ3) is 6.00. The molecule has 1 atom stereocenters. The molecule has 5 nitrogen and oxygen atoms in total. The van der Waals surface area contributed by atoms with Crippen molar-refractivity contribution in [1.29, 1.82) is 0 Å². The van der Waals surface area contributed by atoms with E-state index in [2.05, 4.69) is 17.1 Å². The number of benzene rings is 2. The fourth-order valence-electron chi connectivity index (χ4n) is 3.35. The summed E-state index contributed by atoms with van der Waals surface area (Å²) in [6.07, 6.45) is 2.36. The van der Waals surface area contributed by atoms with E-state index in [1.54, 1.807) is 0 Å². The quantitative estimate of drug-likeness (QED) is 0.738. The number of likely N-dealkylation sites (N-methyl/N-ethyl adjacent to an activating group) is 1. The van der Waals surface area contributed by atoms with Crippen LogP contribution in [0, 0.1) is 0 Å². The van der Waals surface area contributed by atoms with Gasteiger partial charge in [0, 0.05) is 12.6 Å². The molecule has 27 heavy (non-hydrogen) atoms. The van der Waals surface area contributed by atoms with Crippen LogP contribution < -0.4 is 14.8 Å². The number of hydrogen-bond acceptors (Lipinski definition) is 4. The van der Waals surface area contributed by atoms with E-state index in [9.17, 15) is 4.79 Å². The Hall–Kier alpha value is -2.53. The van der Waals surface area contributed by atoms with Crippen molar-refractivity contribution in [3.8, 4) is 11.5 Å². The Balaban J connectivity index is 1.37. The van der Waals surface area contributed by atoms with Crippen molar-refractivity contribution in [1.82, 2.24) is 10.2 Å². The Morgan fingerprint density at radius 3 is 2.48 bits per heavy atom. The lowest BCUT2D eigenvalue weighted by Crippen LogP contribution is -2.41. The summed E-state index contributed by atoms with van der Waals surface area (Å²) < 4.78 is 11.3. The highest BCUT2D eigenvalue weighted by Crippen LogP contribution is 2.19. The number of hydrogen-bond donors (Lipinski definition) is 1. The molecule has 1 fully saturated rings. The maximum Gasteiger partial charge on any atom is 0.257 e. The second-order valence-electron chi connectivity index (χ2n) is 6.76. The van der Waals surface area contributed by atoms with Gasteiger partial charge in [-0.15, -0.1) is 0 Å². The second kappa shape index (κ2) is 9.97. The van der Waals surface area contributed by atoms with E-state index < -0.39 is 0 Å². The van der Waals surface area contributed by atoms with Crippen LogP contribution in [0.15, 0.2) is 54.6 Å². The van der Waals surface area contributed by atoms with Crippen LogP contribution >= 0.6 is 0 Å². The van der Waals surface area contributed by atoms with Gasteiger partial charge in [0.25, 0.3) is 5.91 Å². The van der Waals surface area contributed by atoms with Crippen molar-refractivity contribution in [2.75, 3.05) is 26.2 Å². The molecule has 1 aliphatic heterocycles. The molecule has 1 aliphatic rings. The first-order chi connectivity index (χ1) is 13.2. The Labute approximate surface area is 161 Å². The van der Waals surface area contributed by atoms with Gasteiger partial charge in [0.05, 0.1) is 0 Å². The highest BCUT2D eigenvalue weighted by Gasteiger charge is 2.23. The van der Waals surface area contributed by atoms with E-state index in [1.165, 1.54) is 6.42 Å². The minimum absolute atomic E-state index is 0.0308. The van der Waals surface area contributed by atoms with E-state index in [4.69, 9.17) is 9.47 Å². The lowest BCUT2D eigenvalue weighted by atomic mass is 10.2. The van der Waals surface area contributed by atoms with Crippen molar-refractivity contribution in [3.05, 3.63) is 60.2 Å². The molecule has 1 amide bonds. The molecular formula is C22H28N2O3. The minimum Gasteiger partial charge on any atom is -0.489 e. The monoisotopic (exact) mass is 368 g/mol. The molecule has 2 aromatic carbocycles. The molecule has 1 heterocycles. The van der Waals surface area contributed by atoms with E-state index in [-0.39, 0.29) is 12.5 Å². The zero-order chi connectivity index (χ0) is 18.9. The molecule has 1 N–H and O–H groups in total. The first-order valence-electron chi connectivity index (χ1n) is 9.65. The van der Waals surface area contributed by atoms with Crippen LogP contribution in [0.4, 0.5) is 0 Å². The van der Waals surface area contributed by atoms with Gasteiger partial charge in [0.2, 0.25) is 0 Å². The standard InChI is InChI=1S/C22H28N2O3/c1-2-24-14-6-9-19(24)15-23-22(25)17-27-21-12-10-20(11-13-21)26-16-18-7-4-3-5-8-18/h3-5,7-8,10-13,19H,2,6,9,14-17H2,1H3,(H,23,25)/t19-/m1/s1. The summed E-state index contributed by atoms with van der Waals surface area (Å²) in [6.45, 7) is 5.59. The highest BCUT2D eigenvalue weighted by molar-refractivity contribution is 5.77. The first-order valence-corrected chi connectivity index (χ1v) is 9.65. The average molecular weight is 368 g/mol. The number of likely N-dealkylation sites (tertiary alicyclic amines) is 1. The molecule has 0 radical (unpaired) electrons. The third-order valence-corrected chi connectivity index (χ3v) is 4.88. The Bertz CT molecular complexity index is 703. The summed E-state index contributed by atoms with van der Waals surface area (Å²) in [6, 6.07) is 17.8. The van der Waals surface area contributed by atoms with Crippen molar-refractivity contribution >= 4 is 5.91 Å². The molecule has 0 saturated carbocycles. The predicted molar refractivity (Wildman–Crippen MR) is 106 cm³/mol. The predicted octanol–water partition coefficient (Wildman–Crippen LogP) is 3.24. The van der Waals surface area contributed by atoms with Crippen molar-refractivity contribution in [3.63, 3.8) is 0 Å². The Morgan fingerprint density at radius 2 is 1.78 bits per heavy atom. The number of amides is 1. The minimum atomic E-state index is -0.0812. The summed E-state index contributed by atoms with van der Waals surface area (Å²) in [7, 11) is 0. The van der Waals surface area contributed by atoms with Crippen LogP contribution in [0.25, 0.3) is 0 Å². The van der Waals surface area contributed by atoms with Gasteiger partial charge in [-0.3, -0.25) is 9.69 Å². The van der Waals surface area contributed by atoms with Crippen molar-refractivity contribution in [2.45, 2.75) is 32.4 Å². The van der Waals surface area contributed by atoms with Crippen LogP contribution in [-0.4, -0.2) is 43.1 Å². The van der Waals surface area contributed by atoms with Gasteiger partial charge in [-0.1, -0.05) is 37.3 Å². The highest BCUT2D eigenvalue weighted by atomic mass is 16.5. The molecule has 144 valence electrons. The number of nitrogens with one attached hydrogen (secondary N) is 1. The Morgan fingerprint density at radius 1 is 1.07 bits per heavy atom. The van der Waals surface area contributed by atoms with Crippen LogP contribution in [0.3, 0.4) is 0 Å². The number of carbonyl (C=O) groups excluding carboxylic acids is 1. The summed E-state index contributed by atoms with van der Waals surface area (Å²) >= 11 is 0. The topological polar surface area (TPSA) is 50.8 Å². The molecule has 1 saturated heterocycles. The maximum absolute atomic E-state index is 12.0. The van der Waals surface area contributed by atoms with Crippen molar-refractivity contribution in [2.24, 2.45) is 0 Å². The average Bonchev–Trinajstić information content (AvgIpc) is 3.18. The maximum atomic E-state index is 12.0. The van der Waals surface area contributed by atoms with E-state index in [0.717, 1.165) is 30.8 Å². The van der Waals surface area contributed by atoms with Crippen LogP contribution in [0.5, 0.6) is 11.5 Å². The van der Waals surface area contributed by atoms with Gasteiger partial charge >= 0.3 is 0 Å². The largest absolute Gasteiger partial charge is 0.489 e. The molecule has 2 aromatic rings. The molecule has 5 heteroatoms. The van der Waals surface area contributed by atoms with Gasteiger partial charge in [-0.2, -0.15) is 0 Å². The summed E-state index contributed by atoms with van der Waals surface area (Å²) in [5, 5.41) is 2.98. The van der Waals surface area contributed by atoms with Crippen molar-refractivity contribution < 1.29 is 14.3 Å². The smallest absolute Gasteiger partial charge is 0.257 e. The fourth-order valence-corrected chi connectivity index (χ4v) is 3.35. The first kappa shape index (κ1) is 19.2. The van der Waals surface area contributed by atoms with Gasteiger partial charge in [-0.25, -0.2) is 0 Å². The molecule has 0 spiro atoms. The fraction of sp³-hybridized carbons (Fsp3) is 0.409. The van der Waals surface area contributed by atoms with Gasteiger partial charge in [0.1, 0.15) is 18.1 Å². The summed E-state index contributed by atoms with van der Waals surface area (Å²) in [5.74, 6) is 1.35. The molecule has 0 aliphatic carbocycles. The second-order valence-corrected chi connectivity index (χ2v) is 6.76. The zero-order valence-corrected chi connectivity index (χ0v) is 15.9.